The molecule has 21 heavy (non-hydrogen) atoms. The van der Waals surface area contributed by atoms with E-state index in [-0.39, 0.29) is 0 Å². The van der Waals surface area contributed by atoms with Crippen molar-refractivity contribution in [3.63, 3.8) is 0 Å². The minimum absolute atomic E-state index is 0.303. The van der Waals surface area contributed by atoms with E-state index < -0.39 is 18.0 Å². The van der Waals surface area contributed by atoms with Crippen molar-refractivity contribution in [3.8, 4) is 5.75 Å². The first kappa shape index (κ1) is 17.2. The fourth-order valence-electron chi connectivity index (χ4n) is 1.67. The number of hydrogen-bond acceptors (Lipinski definition) is 4. The minimum Gasteiger partial charge on any atom is -0.497 e. The van der Waals surface area contributed by atoms with Crippen molar-refractivity contribution in [2.45, 2.75) is 19.0 Å². The summed E-state index contributed by atoms with van der Waals surface area (Å²) in [5.74, 6) is 0.353. The maximum Gasteiger partial charge on any atom is 0.326 e. The molecule has 7 heteroatoms. The third kappa shape index (κ3) is 6.40. The number of carboxylic acid groups (broad SMARTS) is 1. The van der Waals surface area contributed by atoms with E-state index in [1.54, 1.807) is 7.11 Å². The number of aliphatic carboxylic acids is 1. The number of benzene rings is 1. The lowest BCUT2D eigenvalue weighted by atomic mass is 10.2. The second-order valence-electron chi connectivity index (χ2n) is 4.35. The Bertz CT molecular complexity index is 482. The summed E-state index contributed by atoms with van der Waals surface area (Å²) in [4.78, 5) is 22.8. The average Bonchev–Trinajstić information content (AvgIpc) is 2.49. The number of nitrogens with one attached hydrogen (secondary N) is 2. The molecule has 0 saturated heterocycles. The van der Waals surface area contributed by atoms with Gasteiger partial charge in [0.25, 0.3) is 0 Å². The molecule has 0 bridgehead atoms. The van der Waals surface area contributed by atoms with Crippen LogP contribution in [0.2, 0.25) is 0 Å². The Kier molecular flexibility index (Phi) is 7.45. The highest BCUT2D eigenvalue weighted by molar-refractivity contribution is 7.98. The first-order chi connectivity index (χ1) is 10.1. The van der Waals surface area contributed by atoms with Gasteiger partial charge < -0.3 is 20.5 Å². The first-order valence-corrected chi connectivity index (χ1v) is 7.85. The zero-order valence-electron chi connectivity index (χ0n) is 12.1. The second-order valence-corrected chi connectivity index (χ2v) is 5.34. The molecule has 1 atom stereocenters. The number of hydrogen-bond donors (Lipinski definition) is 3. The Hall–Kier alpha value is -1.89. The Balaban J connectivity index is 2.46. The molecule has 0 aromatic heterocycles. The highest BCUT2D eigenvalue weighted by Crippen LogP contribution is 2.12. The van der Waals surface area contributed by atoms with Crippen LogP contribution < -0.4 is 15.4 Å². The molecular formula is C14H20N2O4S. The third-order valence-electron chi connectivity index (χ3n) is 2.80. The fourth-order valence-corrected chi connectivity index (χ4v) is 2.14. The van der Waals surface area contributed by atoms with E-state index in [2.05, 4.69) is 10.6 Å². The monoisotopic (exact) mass is 312 g/mol. The third-order valence-corrected chi connectivity index (χ3v) is 3.45. The number of carbonyl (C=O) groups excluding carboxylic acids is 1. The summed E-state index contributed by atoms with van der Waals surface area (Å²) in [6.07, 6.45) is 2.28. The molecule has 1 unspecified atom stereocenters. The summed E-state index contributed by atoms with van der Waals surface area (Å²) >= 11 is 1.54. The van der Waals surface area contributed by atoms with E-state index in [4.69, 9.17) is 9.84 Å². The average molecular weight is 312 g/mol. The normalized spacial score (nSPS) is 11.5. The van der Waals surface area contributed by atoms with Gasteiger partial charge in [-0.3, -0.25) is 0 Å². The summed E-state index contributed by atoms with van der Waals surface area (Å²) in [5.41, 5.74) is 0.875. The molecule has 0 radical (unpaired) electrons. The van der Waals surface area contributed by atoms with Gasteiger partial charge in [0.1, 0.15) is 11.8 Å². The predicted octanol–water partition coefficient (Wildman–Crippen LogP) is 1.70. The van der Waals surface area contributed by atoms with Crippen molar-refractivity contribution in [2.24, 2.45) is 0 Å². The van der Waals surface area contributed by atoms with Gasteiger partial charge in [0.2, 0.25) is 0 Å². The van der Waals surface area contributed by atoms with E-state index in [9.17, 15) is 9.59 Å². The van der Waals surface area contributed by atoms with Gasteiger partial charge in [0.05, 0.1) is 7.11 Å². The van der Waals surface area contributed by atoms with Crippen LogP contribution in [0.5, 0.6) is 5.75 Å². The van der Waals surface area contributed by atoms with Gasteiger partial charge in [-0.25, -0.2) is 9.59 Å². The van der Waals surface area contributed by atoms with Gasteiger partial charge in [-0.1, -0.05) is 12.1 Å². The largest absolute Gasteiger partial charge is 0.497 e. The van der Waals surface area contributed by atoms with Gasteiger partial charge in [-0.05, 0) is 36.1 Å². The molecule has 0 saturated carbocycles. The highest BCUT2D eigenvalue weighted by atomic mass is 32.2. The number of ether oxygens (including phenoxy) is 1. The van der Waals surface area contributed by atoms with Crippen LogP contribution in [0.3, 0.4) is 0 Å². The minimum atomic E-state index is -1.03. The summed E-state index contributed by atoms with van der Waals surface area (Å²) in [7, 11) is 1.57. The van der Waals surface area contributed by atoms with Crippen LogP contribution in [0.1, 0.15) is 12.0 Å². The van der Waals surface area contributed by atoms with Crippen LogP contribution in [0, 0.1) is 0 Å². The number of urea groups is 1. The van der Waals surface area contributed by atoms with Gasteiger partial charge in [0.15, 0.2) is 0 Å². The van der Waals surface area contributed by atoms with Gasteiger partial charge in [0, 0.05) is 6.54 Å². The van der Waals surface area contributed by atoms with Crippen molar-refractivity contribution >= 4 is 23.8 Å². The first-order valence-electron chi connectivity index (χ1n) is 6.46. The van der Waals surface area contributed by atoms with Crippen molar-refractivity contribution in [3.05, 3.63) is 29.8 Å². The SMILES string of the molecule is COc1cccc(CNC(=O)NC(CCSC)C(=O)O)c1. The molecule has 0 heterocycles. The van der Waals surface area contributed by atoms with Crippen molar-refractivity contribution in [1.29, 1.82) is 0 Å². The predicted molar refractivity (Wildman–Crippen MR) is 82.8 cm³/mol. The summed E-state index contributed by atoms with van der Waals surface area (Å²) < 4.78 is 5.09. The molecule has 3 N–H and O–H groups in total. The van der Waals surface area contributed by atoms with E-state index in [0.717, 1.165) is 5.56 Å². The molecule has 1 aromatic carbocycles. The summed E-state index contributed by atoms with van der Waals surface area (Å²) in [5, 5.41) is 14.1. The van der Waals surface area contributed by atoms with Crippen LogP contribution in [0.25, 0.3) is 0 Å². The van der Waals surface area contributed by atoms with Crippen molar-refractivity contribution < 1.29 is 19.4 Å². The molecule has 6 nitrogen and oxygen atoms in total. The Labute approximate surface area is 128 Å². The highest BCUT2D eigenvalue weighted by Gasteiger charge is 2.18. The maximum absolute atomic E-state index is 11.7. The standard InChI is InChI=1S/C14H20N2O4S/c1-20-11-5-3-4-10(8-11)9-15-14(19)16-12(13(17)18)6-7-21-2/h3-5,8,12H,6-7,9H2,1-2H3,(H,17,18)(H2,15,16,19). The molecule has 116 valence electrons. The van der Waals surface area contributed by atoms with E-state index in [0.29, 0.717) is 24.5 Å². The molecule has 0 fully saturated rings. The molecule has 0 spiro atoms. The fraction of sp³-hybridized carbons (Fsp3) is 0.429. The molecule has 0 aliphatic rings. The van der Waals surface area contributed by atoms with E-state index >= 15 is 0 Å². The number of thioether (sulfide) groups is 1. The molecule has 1 aromatic rings. The van der Waals surface area contributed by atoms with E-state index in [1.807, 2.05) is 30.5 Å². The lowest BCUT2D eigenvalue weighted by molar-refractivity contribution is -0.139. The van der Waals surface area contributed by atoms with Gasteiger partial charge in [-0.2, -0.15) is 11.8 Å². The van der Waals surface area contributed by atoms with Crippen molar-refractivity contribution in [2.75, 3.05) is 19.1 Å². The lowest BCUT2D eigenvalue weighted by Gasteiger charge is -2.14. The summed E-state index contributed by atoms with van der Waals surface area (Å²) in [6, 6.07) is 5.93. The van der Waals surface area contributed by atoms with Gasteiger partial charge in [-0.15, -0.1) is 0 Å². The molecular weight excluding hydrogens is 292 g/mol. The Morgan fingerprint density at radius 3 is 2.81 bits per heavy atom. The maximum atomic E-state index is 11.7. The number of rotatable bonds is 8. The Morgan fingerprint density at radius 2 is 2.19 bits per heavy atom. The number of methoxy groups -OCH3 is 1. The number of carboxylic acids is 1. The van der Waals surface area contributed by atoms with Crippen LogP contribution in [0.15, 0.2) is 24.3 Å². The topological polar surface area (TPSA) is 87.7 Å². The molecule has 2 amide bonds. The summed E-state index contributed by atoms with van der Waals surface area (Å²) in [6.45, 7) is 0.303. The van der Waals surface area contributed by atoms with Crippen LogP contribution in [-0.4, -0.2) is 42.3 Å². The number of amides is 2. The van der Waals surface area contributed by atoms with Crippen LogP contribution >= 0.6 is 11.8 Å². The molecule has 0 aliphatic carbocycles. The molecule has 1 rings (SSSR count). The van der Waals surface area contributed by atoms with Crippen molar-refractivity contribution in [1.82, 2.24) is 10.6 Å². The van der Waals surface area contributed by atoms with Gasteiger partial charge >= 0.3 is 12.0 Å². The zero-order chi connectivity index (χ0) is 15.7. The van der Waals surface area contributed by atoms with Crippen LogP contribution in [0.4, 0.5) is 4.79 Å². The smallest absolute Gasteiger partial charge is 0.326 e. The number of carbonyl (C=O) groups is 2. The van der Waals surface area contributed by atoms with E-state index in [1.165, 1.54) is 11.8 Å². The van der Waals surface area contributed by atoms with Crippen LogP contribution in [-0.2, 0) is 11.3 Å². The molecule has 0 aliphatic heterocycles. The quantitative estimate of drug-likeness (QED) is 0.680. The Morgan fingerprint density at radius 1 is 1.43 bits per heavy atom. The lowest BCUT2D eigenvalue weighted by Crippen LogP contribution is -2.46. The zero-order valence-corrected chi connectivity index (χ0v) is 12.9. The second kappa shape index (κ2) is 9.12.